The van der Waals surface area contributed by atoms with Gasteiger partial charge in [0.05, 0.1) is 18.7 Å². The van der Waals surface area contributed by atoms with Gasteiger partial charge in [-0.25, -0.2) is 0 Å². The Balaban J connectivity index is 2.16. The fourth-order valence-corrected chi connectivity index (χ4v) is 2.83. The Kier molecular flexibility index (Phi) is 3.20. The van der Waals surface area contributed by atoms with Gasteiger partial charge in [-0.2, -0.15) is 0 Å². The Morgan fingerprint density at radius 2 is 2.32 bits per heavy atom. The maximum atomic E-state index is 12.1. The molecule has 0 fully saturated rings. The van der Waals surface area contributed by atoms with Crippen molar-refractivity contribution in [2.75, 3.05) is 6.61 Å². The van der Waals surface area contributed by atoms with Gasteiger partial charge in [0.25, 0.3) is 0 Å². The number of nitrogens with zero attached hydrogens (tertiary/aromatic N) is 1. The largest absolute Gasteiger partial charge is 0.466 e. The van der Waals surface area contributed by atoms with E-state index in [4.69, 9.17) is 4.74 Å². The summed E-state index contributed by atoms with van der Waals surface area (Å²) in [4.78, 5) is 16.6. The third-order valence-electron chi connectivity index (χ3n) is 3.67. The summed E-state index contributed by atoms with van der Waals surface area (Å²) in [5.74, 6) is -0.294. The SMILES string of the molecule is CCOC(=O)C1CCCc2n[c]c3ccccc3c21. The molecule has 3 heteroatoms. The van der Waals surface area contributed by atoms with E-state index < -0.39 is 0 Å². The van der Waals surface area contributed by atoms with Gasteiger partial charge < -0.3 is 4.74 Å². The number of rotatable bonds is 2. The van der Waals surface area contributed by atoms with Crippen LogP contribution < -0.4 is 0 Å². The number of ether oxygens (including phenoxy) is 1. The lowest BCUT2D eigenvalue weighted by molar-refractivity contribution is -0.145. The summed E-state index contributed by atoms with van der Waals surface area (Å²) in [6.07, 6.45) is 5.82. The molecule has 3 nitrogen and oxygen atoms in total. The van der Waals surface area contributed by atoms with Crippen LogP contribution in [-0.4, -0.2) is 17.6 Å². The van der Waals surface area contributed by atoms with E-state index in [0.29, 0.717) is 6.61 Å². The van der Waals surface area contributed by atoms with Gasteiger partial charge in [0.2, 0.25) is 0 Å². The average Bonchev–Trinajstić information content (AvgIpc) is 2.46. The Morgan fingerprint density at radius 3 is 3.16 bits per heavy atom. The molecule has 0 saturated carbocycles. The van der Waals surface area contributed by atoms with Crippen LogP contribution in [0.1, 0.15) is 36.9 Å². The minimum Gasteiger partial charge on any atom is -0.466 e. The number of esters is 1. The number of fused-ring (bicyclic) bond motifs is 3. The van der Waals surface area contributed by atoms with E-state index in [0.717, 1.165) is 41.3 Å². The number of aryl methyl sites for hydroxylation is 1. The molecule has 1 aliphatic rings. The van der Waals surface area contributed by atoms with Crippen LogP contribution in [0.15, 0.2) is 24.3 Å². The Hall–Kier alpha value is -1.90. The molecule has 1 aliphatic carbocycles. The molecule has 2 aromatic rings. The van der Waals surface area contributed by atoms with E-state index in [1.54, 1.807) is 0 Å². The maximum absolute atomic E-state index is 12.1. The van der Waals surface area contributed by atoms with Crippen LogP contribution in [0.5, 0.6) is 0 Å². The topological polar surface area (TPSA) is 39.2 Å². The zero-order chi connectivity index (χ0) is 13.2. The second-order valence-electron chi connectivity index (χ2n) is 4.83. The third-order valence-corrected chi connectivity index (χ3v) is 3.67. The first-order valence-electron chi connectivity index (χ1n) is 6.77. The second kappa shape index (κ2) is 5.00. The summed E-state index contributed by atoms with van der Waals surface area (Å²) in [5.41, 5.74) is 2.06. The van der Waals surface area contributed by atoms with E-state index in [-0.39, 0.29) is 11.9 Å². The van der Waals surface area contributed by atoms with Crippen LogP contribution in [-0.2, 0) is 16.0 Å². The molecule has 0 aliphatic heterocycles. The van der Waals surface area contributed by atoms with E-state index in [1.807, 2.05) is 31.2 Å². The summed E-state index contributed by atoms with van der Waals surface area (Å²) in [6, 6.07) is 7.99. The molecule has 1 radical (unpaired) electrons. The molecule has 0 amide bonds. The zero-order valence-corrected chi connectivity index (χ0v) is 11.0. The van der Waals surface area contributed by atoms with E-state index in [2.05, 4.69) is 11.2 Å². The first kappa shape index (κ1) is 12.2. The molecular formula is C16H16NO2. The lowest BCUT2D eigenvalue weighted by Gasteiger charge is -2.24. The normalized spacial score (nSPS) is 18.1. The first-order chi connectivity index (χ1) is 9.31. The number of carbonyl (C=O) groups excluding carboxylic acids is 1. The van der Waals surface area contributed by atoms with Gasteiger partial charge in [0, 0.05) is 11.1 Å². The Labute approximate surface area is 112 Å². The number of hydrogen-bond donors (Lipinski definition) is 0. The first-order valence-corrected chi connectivity index (χ1v) is 6.77. The predicted octanol–water partition coefficient (Wildman–Crippen LogP) is 3.02. The molecule has 0 bridgehead atoms. The van der Waals surface area contributed by atoms with Crippen LogP contribution in [0.2, 0.25) is 0 Å². The fourth-order valence-electron chi connectivity index (χ4n) is 2.83. The summed E-state index contributed by atoms with van der Waals surface area (Å²) < 4.78 is 5.21. The van der Waals surface area contributed by atoms with Crippen molar-refractivity contribution in [2.24, 2.45) is 0 Å². The lowest BCUT2D eigenvalue weighted by Crippen LogP contribution is -2.22. The molecule has 1 aromatic heterocycles. The number of benzene rings is 1. The highest BCUT2D eigenvalue weighted by Crippen LogP contribution is 2.36. The zero-order valence-electron chi connectivity index (χ0n) is 11.0. The summed E-state index contributed by atoms with van der Waals surface area (Å²) >= 11 is 0. The van der Waals surface area contributed by atoms with Crippen LogP contribution in [0.25, 0.3) is 10.8 Å². The minimum absolute atomic E-state index is 0.124. The van der Waals surface area contributed by atoms with Crippen molar-refractivity contribution >= 4 is 16.7 Å². The number of pyridine rings is 1. The monoisotopic (exact) mass is 254 g/mol. The van der Waals surface area contributed by atoms with Crippen molar-refractivity contribution in [3.63, 3.8) is 0 Å². The quantitative estimate of drug-likeness (QED) is 0.773. The van der Waals surface area contributed by atoms with Crippen molar-refractivity contribution in [2.45, 2.75) is 32.1 Å². The second-order valence-corrected chi connectivity index (χ2v) is 4.83. The number of carbonyl (C=O) groups is 1. The summed E-state index contributed by atoms with van der Waals surface area (Å²) in [5, 5.41) is 2.06. The van der Waals surface area contributed by atoms with Gasteiger partial charge in [-0.15, -0.1) is 0 Å². The van der Waals surface area contributed by atoms with Gasteiger partial charge in [-0.05, 0) is 37.1 Å². The Morgan fingerprint density at radius 1 is 1.47 bits per heavy atom. The van der Waals surface area contributed by atoms with E-state index >= 15 is 0 Å². The van der Waals surface area contributed by atoms with Gasteiger partial charge in [-0.1, -0.05) is 24.3 Å². The minimum atomic E-state index is -0.171. The molecule has 19 heavy (non-hydrogen) atoms. The van der Waals surface area contributed by atoms with E-state index in [1.165, 1.54) is 0 Å². The number of aromatic nitrogens is 1. The van der Waals surface area contributed by atoms with Gasteiger partial charge in [0.1, 0.15) is 0 Å². The van der Waals surface area contributed by atoms with Gasteiger partial charge in [0.15, 0.2) is 0 Å². The van der Waals surface area contributed by atoms with Crippen LogP contribution in [0.4, 0.5) is 0 Å². The highest BCUT2D eigenvalue weighted by Gasteiger charge is 2.30. The highest BCUT2D eigenvalue weighted by atomic mass is 16.5. The molecule has 1 unspecified atom stereocenters. The smallest absolute Gasteiger partial charge is 0.313 e. The molecule has 1 heterocycles. The number of hydrogen-bond acceptors (Lipinski definition) is 3. The molecular weight excluding hydrogens is 238 g/mol. The highest BCUT2D eigenvalue weighted by molar-refractivity contribution is 5.91. The van der Waals surface area contributed by atoms with Crippen LogP contribution in [0.3, 0.4) is 0 Å². The maximum Gasteiger partial charge on any atom is 0.313 e. The van der Waals surface area contributed by atoms with Crippen LogP contribution in [0, 0.1) is 6.20 Å². The molecule has 0 N–H and O–H groups in total. The molecule has 1 aromatic carbocycles. The van der Waals surface area contributed by atoms with Gasteiger partial charge in [-0.3, -0.25) is 9.78 Å². The molecule has 1 atom stereocenters. The summed E-state index contributed by atoms with van der Waals surface area (Å²) in [7, 11) is 0. The Bertz CT molecular complexity index is 621. The third kappa shape index (κ3) is 2.09. The van der Waals surface area contributed by atoms with Crippen molar-refractivity contribution < 1.29 is 9.53 Å². The molecule has 97 valence electrons. The molecule has 3 rings (SSSR count). The molecule has 0 saturated heterocycles. The summed E-state index contributed by atoms with van der Waals surface area (Å²) in [6.45, 7) is 2.27. The lowest BCUT2D eigenvalue weighted by atomic mass is 9.83. The van der Waals surface area contributed by atoms with Crippen LogP contribution >= 0.6 is 0 Å². The van der Waals surface area contributed by atoms with Crippen molar-refractivity contribution in [1.82, 2.24) is 4.98 Å². The fraction of sp³-hybridized carbons (Fsp3) is 0.375. The standard InChI is InChI=1S/C16H16NO2/c1-2-19-16(18)13-8-5-9-14-15(13)12-7-4-3-6-11(12)10-17-14/h3-4,6-7,13H,2,5,8-9H2,1H3. The van der Waals surface area contributed by atoms with Crippen molar-refractivity contribution in [3.05, 3.63) is 41.7 Å². The average molecular weight is 254 g/mol. The molecule has 0 spiro atoms. The van der Waals surface area contributed by atoms with Crippen molar-refractivity contribution in [3.8, 4) is 0 Å². The van der Waals surface area contributed by atoms with Gasteiger partial charge >= 0.3 is 5.97 Å². The van der Waals surface area contributed by atoms with E-state index in [9.17, 15) is 4.79 Å². The predicted molar refractivity (Wildman–Crippen MR) is 72.9 cm³/mol. The van der Waals surface area contributed by atoms with Crippen molar-refractivity contribution in [1.29, 1.82) is 0 Å².